The monoisotopic (exact) mass is 308 g/mol. The van der Waals surface area contributed by atoms with E-state index in [2.05, 4.69) is 21.8 Å². The van der Waals surface area contributed by atoms with E-state index < -0.39 is 0 Å². The number of likely N-dealkylation sites (N-methyl/N-ethyl adjacent to an activating group) is 1. The molecule has 1 amide bonds. The van der Waals surface area contributed by atoms with Gasteiger partial charge in [-0.15, -0.1) is 0 Å². The van der Waals surface area contributed by atoms with Gasteiger partial charge in [-0.1, -0.05) is 26.2 Å². The van der Waals surface area contributed by atoms with Crippen LogP contribution < -0.4 is 9.80 Å². The van der Waals surface area contributed by atoms with Gasteiger partial charge in [0.15, 0.2) is 5.82 Å². The predicted molar refractivity (Wildman–Crippen MR) is 83.9 cm³/mol. The smallest absolute Gasteiger partial charge is 0.249 e. The lowest BCUT2D eigenvalue weighted by molar-refractivity contribution is -0.120. The number of fused-ring (bicyclic) bond motifs is 1. The van der Waals surface area contributed by atoms with Crippen molar-refractivity contribution < 1.29 is 4.79 Å². The summed E-state index contributed by atoms with van der Waals surface area (Å²) in [5.41, 5.74) is 0.767. The van der Waals surface area contributed by atoms with Crippen molar-refractivity contribution in [2.24, 2.45) is 0 Å². The number of hydrogen-bond acceptors (Lipinski definition) is 4. The molecule has 21 heavy (non-hydrogen) atoms. The second-order valence-corrected chi connectivity index (χ2v) is 6.23. The molecule has 0 spiro atoms. The highest BCUT2D eigenvalue weighted by atomic mass is 35.5. The first kappa shape index (κ1) is 14.6. The Morgan fingerprint density at radius 2 is 2.10 bits per heavy atom. The normalized spacial score (nSPS) is 22.8. The Balaban J connectivity index is 2.08. The van der Waals surface area contributed by atoms with Crippen LogP contribution in [0.3, 0.4) is 0 Å². The molecule has 3 rings (SSSR count). The summed E-state index contributed by atoms with van der Waals surface area (Å²) >= 11 is 6.01. The van der Waals surface area contributed by atoms with E-state index in [0.717, 1.165) is 37.2 Å². The zero-order valence-corrected chi connectivity index (χ0v) is 13.3. The van der Waals surface area contributed by atoms with Crippen LogP contribution in [0.5, 0.6) is 0 Å². The maximum Gasteiger partial charge on any atom is 0.249 e. The Bertz CT molecular complexity index is 544. The Kier molecular flexibility index (Phi) is 4.02. The molecule has 0 aromatic carbocycles. The van der Waals surface area contributed by atoms with Crippen LogP contribution in [0.4, 0.5) is 11.5 Å². The zero-order chi connectivity index (χ0) is 15.0. The third kappa shape index (κ3) is 2.48. The van der Waals surface area contributed by atoms with Crippen molar-refractivity contribution in [1.29, 1.82) is 0 Å². The number of carbonyl (C=O) groups excluding carboxylic acids is 1. The average Bonchev–Trinajstić information content (AvgIpc) is 2.98. The van der Waals surface area contributed by atoms with Gasteiger partial charge in [0.1, 0.15) is 11.7 Å². The number of rotatable bonds is 3. The van der Waals surface area contributed by atoms with Crippen LogP contribution in [0.1, 0.15) is 45.4 Å². The molecular weight excluding hydrogens is 288 g/mol. The molecule has 1 saturated carbocycles. The van der Waals surface area contributed by atoms with E-state index in [1.807, 2.05) is 0 Å². The highest BCUT2D eigenvalue weighted by Gasteiger charge is 2.41. The van der Waals surface area contributed by atoms with E-state index in [9.17, 15) is 4.79 Å². The van der Waals surface area contributed by atoms with Crippen molar-refractivity contribution in [3.05, 3.63) is 11.5 Å². The number of hydrogen-bond donors (Lipinski definition) is 0. The largest absolute Gasteiger partial charge is 0.340 e. The molecular formula is C15H21ClN4O. The van der Waals surface area contributed by atoms with Gasteiger partial charge in [0.2, 0.25) is 11.2 Å². The maximum absolute atomic E-state index is 12.7. The van der Waals surface area contributed by atoms with E-state index in [0.29, 0.717) is 6.04 Å². The molecule has 1 atom stereocenters. The molecule has 1 aliphatic carbocycles. The standard InChI is InChI=1S/C15H21ClN4O/c1-3-6-11-14(21)19(2)12-9-17-15(16)18-13(12)20(11)10-7-4-5-8-10/h9-11H,3-8H2,1-2H3/t11-/m1/s1. The lowest BCUT2D eigenvalue weighted by atomic mass is 10.0. The Morgan fingerprint density at radius 3 is 2.76 bits per heavy atom. The molecule has 114 valence electrons. The van der Waals surface area contributed by atoms with Crippen molar-refractivity contribution in [3.8, 4) is 0 Å². The summed E-state index contributed by atoms with van der Waals surface area (Å²) < 4.78 is 0. The number of aromatic nitrogens is 2. The van der Waals surface area contributed by atoms with Crippen LogP contribution in [0.25, 0.3) is 0 Å². The summed E-state index contributed by atoms with van der Waals surface area (Å²) in [4.78, 5) is 25.1. The number of carbonyl (C=O) groups is 1. The molecule has 2 aliphatic rings. The van der Waals surface area contributed by atoms with Gasteiger partial charge in [-0.05, 0) is 30.9 Å². The molecule has 0 N–H and O–H groups in total. The number of nitrogens with zero attached hydrogens (tertiary/aromatic N) is 4. The molecule has 0 radical (unpaired) electrons. The Morgan fingerprint density at radius 1 is 1.38 bits per heavy atom. The topological polar surface area (TPSA) is 49.3 Å². The SMILES string of the molecule is CCC[C@@H]1C(=O)N(C)c2cnc(Cl)nc2N1C1CCCC1. The van der Waals surface area contributed by atoms with Gasteiger partial charge in [0.25, 0.3) is 0 Å². The number of amides is 1. The van der Waals surface area contributed by atoms with Crippen LogP contribution in [-0.4, -0.2) is 35.0 Å². The summed E-state index contributed by atoms with van der Waals surface area (Å²) in [5, 5.41) is 0.245. The summed E-state index contributed by atoms with van der Waals surface area (Å²) in [6.07, 6.45) is 8.17. The molecule has 0 saturated heterocycles. The zero-order valence-electron chi connectivity index (χ0n) is 12.5. The van der Waals surface area contributed by atoms with Gasteiger partial charge in [-0.3, -0.25) is 4.79 Å². The third-order valence-electron chi connectivity index (χ3n) is 4.56. The van der Waals surface area contributed by atoms with E-state index in [4.69, 9.17) is 11.6 Å². The van der Waals surface area contributed by atoms with Crippen LogP contribution in [0.2, 0.25) is 5.28 Å². The highest BCUT2D eigenvalue weighted by Crippen LogP contribution is 2.39. The highest BCUT2D eigenvalue weighted by molar-refractivity contribution is 6.28. The van der Waals surface area contributed by atoms with Gasteiger partial charge < -0.3 is 9.80 Å². The minimum atomic E-state index is -0.124. The van der Waals surface area contributed by atoms with Crippen molar-refractivity contribution in [3.63, 3.8) is 0 Å². The fourth-order valence-corrected chi connectivity index (χ4v) is 3.66. The fourth-order valence-electron chi connectivity index (χ4n) is 3.53. The van der Waals surface area contributed by atoms with Crippen molar-refractivity contribution in [2.75, 3.05) is 16.8 Å². The molecule has 2 heterocycles. The van der Waals surface area contributed by atoms with E-state index in [1.54, 1.807) is 18.1 Å². The second-order valence-electron chi connectivity index (χ2n) is 5.90. The first-order valence-electron chi connectivity index (χ1n) is 7.72. The Labute approximate surface area is 130 Å². The fraction of sp³-hybridized carbons (Fsp3) is 0.667. The summed E-state index contributed by atoms with van der Waals surface area (Å²) in [5.74, 6) is 0.963. The summed E-state index contributed by atoms with van der Waals surface area (Å²) in [6, 6.07) is 0.269. The van der Waals surface area contributed by atoms with Gasteiger partial charge in [-0.2, -0.15) is 4.98 Å². The average molecular weight is 309 g/mol. The molecule has 1 aliphatic heterocycles. The molecule has 0 bridgehead atoms. The van der Waals surface area contributed by atoms with Crippen molar-refractivity contribution >= 4 is 29.0 Å². The lowest BCUT2D eigenvalue weighted by Crippen LogP contribution is -2.55. The molecule has 5 nitrogen and oxygen atoms in total. The molecule has 1 fully saturated rings. The summed E-state index contributed by atoms with van der Waals surface area (Å²) in [6.45, 7) is 2.11. The van der Waals surface area contributed by atoms with Crippen LogP contribution in [0, 0.1) is 0 Å². The van der Waals surface area contributed by atoms with Gasteiger partial charge in [0, 0.05) is 13.1 Å². The molecule has 0 unspecified atom stereocenters. The second kappa shape index (κ2) is 5.79. The van der Waals surface area contributed by atoms with E-state index in [1.165, 1.54) is 12.8 Å². The molecule has 1 aromatic heterocycles. The van der Waals surface area contributed by atoms with Gasteiger partial charge >= 0.3 is 0 Å². The van der Waals surface area contributed by atoms with Gasteiger partial charge in [0.05, 0.1) is 6.20 Å². The first-order valence-corrected chi connectivity index (χ1v) is 8.09. The molecule has 6 heteroatoms. The first-order chi connectivity index (χ1) is 10.1. The van der Waals surface area contributed by atoms with E-state index in [-0.39, 0.29) is 17.2 Å². The lowest BCUT2D eigenvalue weighted by Gasteiger charge is -2.43. The maximum atomic E-state index is 12.7. The van der Waals surface area contributed by atoms with Crippen molar-refractivity contribution in [1.82, 2.24) is 9.97 Å². The summed E-state index contributed by atoms with van der Waals surface area (Å²) in [7, 11) is 1.80. The van der Waals surface area contributed by atoms with E-state index >= 15 is 0 Å². The van der Waals surface area contributed by atoms with Crippen molar-refractivity contribution in [2.45, 2.75) is 57.5 Å². The number of anilines is 2. The Hall–Kier alpha value is -1.36. The minimum absolute atomic E-state index is 0.124. The van der Waals surface area contributed by atoms with Crippen LogP contribution in [0.15, 0.2) is 6.20 Å². The van der Waals surface area contributed by atoms with Crippen LogP contribution in [-0.2, 0) is 4.79 Å². The number of halogens is 1. The molecule has 1 aromatic rings. The van der Waals surface area contributed by atoms with Gasteiger partial charge in [-0.25, -0.2) is 4.98 Å². The van der Waals surface area contributed by atoms with Crippen LogP contribution >= 0.6 is 11.6 Å². The minimum Gasteiger partial charge on any atom is -0.340 e. The third-order valence-corrected chi connectivity index (χ3v) is 4.74. The quantitative estimate of drug-likeness (QED) is 0.805. The predicted octanol–water partition coefficient (Wildman–Crippen LogP) is 3.02.